The second kappa shape index (κ2) is 13.8. The third-order valence-electron chi connectivity index (χ3n) is 5.70. The van der Waals surface area contributed by atoms with Gasteiger partial charge in [-0.1, -0.05) is 44.5 Å². The molecule has 2 N–H and O–H groups in total. The van der Waals surface area contributed by atoms with Crippen LogP contribution >= 0.6 is 0 Å². The number of amides is 2. The Morgan fingerprint density at radius 3 is 2.20 bits per heavy atom. The molecule has 2 amide bonds. The van der Waals surface area contributed by atoms with Crippen molar-refractivity contribution in [3.05, 3.63) is 59.7 Å². The van der Waals surface area contributed by atoms with Crippen LogP contribution in [0.25, 0.3) is 0 Å². The van der Waals surface area contributed by atoms with Crippen LogP contribution in [-0.2, 0) is 32.6 Å². The molecule has 0 radical (unpaired) electrons. The molecule has 1 atom stereocenters. The molecule has 0 heterocycles. The number of aryl methyl sites for hydroxylation is 1. The minimum absolute atomic E-state index is 0.150. The summed E-state index contributed by atoms with van der Waals surface area (Å²) in [6.45, 7) is 6.70. The van der Waals surface area contributed by atoms with E-state index in [1.165, 1.54) is 12.1 Å². The lowest BCUT2D eigenvalue weighted by Crippen LogP contribution is -2.47. The van der Waals surface area contributed by atoms with Crippen molar-refractivity contribution in [1.29, 1.82) is 0 Å². The van der Waals surface area contributed by atoms with Gasteiger partial charge in [-0.3, -0.25) is 9.59 Å². The van der Waals surface area contributed by atoms with E-state index in [2.05, 4.69) is 17.0 Å². The molecule has 35 heavy (non-hydrogen) atoms. The first-order chi connectivity index (χ1) is 16.7. The zero-order chi connectivity index (χ0) is 25.8. The summed E-state index contributed by atoms with van der Waals surface area (Å²) >= 11 is 0. The molecule has 192 valence electrons. The summed E-state index contributed by atoms with van der Waals surface area (Å²) < 4.78 is 31.9. The molecule has 0 spiro atoms. The van der Waals surface area contributed by atoms with Gasteiger partial charge in [-0.2, -0.15) is 0 Å². The van der Waals surface area contributed by atoms with E-state index in [0.29, 0.717) is 26.1 Å². The smallest absolute Gasteiger partial charge is 0.242 e. The van der Waals surface area contributed by atoms with Gasteiger partial charge in [-0.15, -0.1) is 0 Å². The third-order valence-corrected chi connectivity index (χ3v) is 7.27. The average Bonchev–Trinajstić information content (AvgIpc) is 2.86. The summed E-state index contributed by atoms with van der Waals surface area (Å²) in [5.74, 6) is 0.387. The Kier molecular flexibility index (Phi) is 11.2. The predicted octanol–water partition coefficient (Wildman–Crippen LogP) is 3.26. The lowest BCUT2D eigenvalue weighted by Gasteiger charge is -2.29. The number of benzene rings is 2. The monoisotopic (exact) mass is 503 g/mol. The molecule has 8 nitrogen and oxygen atoms in total. The van der Waals surface area contributed by atoms with Gasteiger partial charge in [0.15, 0.2) is 0 Å². The fourth-order valence-corrected chi connectivity index (χ4v) is 4.59. The maximum atomic E-state index is 13.2. The van der Waals surface area contributed by atoms with Gasteiger partial charge < -0.3 is 15.0 Å². The molecular formula is C26H37N3O5S. The number of rotatable bonds is 14. The van der Waals surface area contributed by atoms with E-state index in [1.54, 1.807) is 38.0 Å². The first-order valence-electron chi connectivity index (χ1n) is 12.0. The first kappa shape index (κ1) is 28.3. The lowest BCUT2D eigenvalue weighted by atomic mass is 10.1. The van der Waals surface area contributed by atoms with Crippen molar-refractivity contribution in [1.82, 2.24) is 14.9 Å². The quantitative estimate of drug-likeness (QED) is 0.385. The van der Waals surface area contributed by atoms with E-state index in [1.807, 2.05) is 24.3 Å². The summed E-state index contributed by atoms with van der Waals surface area (Å²) in [7, 11) is -1.93. The molecule has 0 fully saturated rings. The largest absolute Gasteiger partial charge is 0.497 e. The van der Waals surface area contributed by atoms with Crippen LogP contribution in [0, 0.1) is 0 Å². The Bertz CT molecular complexity index is 1050. The summed E-state index contributed by atoms with van der Waals surface area (Å²) in [5, 5.41) is 2.91. The van der Waals surface area contributed by atoms with E-state index < -0.39 is 16.1 Å². The fourth-order valence-electron chi connectivity index (χ4n) is 3.55. The summed E-state index contributed by atoms with van der Waals surface area (Å²) in [5.41, 5.74) is 1.74. The van der Waals surface area contributed by atoms with Crippen LogP contribution in [0.3, 0.4) is 0 Å². The Morgan fingerprint density at radius 2 is 1.63 bits per heavy atom. The molecule has 0 saturated heterocycles. The van der Waals surface area contributed by atoms with Crippen molar-refractivity contribution in [2.75, 3.05) is 20.2 Å². The highest BCUT2D eigenvalue weighted by Crippen LogP contribution is 2.17. The van der Waals surface area contributed by atoms with Crippen LogP contribution in [0.4, 0.5) is 0 Å². The zero-order valence-corrected chi connectivity index (χ0v) is 21.9. The lowest BCUT2D eigenvalue weighted by molar-refractivity contribution is -0.140. The molecular weight excluding hydrogens is 466 g/mol. The van der Waals surface area contributed by atoms with Gasteiger partial charge in [0, 0.05) is 26.1 Å². The normalized spacial score (nSPS) is 12.1. The number of methoxy groups -OCH3 is 1. The van der Waals surface area contributed by atoms with Crippen LogP contribution in [0.2, 0.25) is 0 Å². The Labute approximate surface area is 209 Å². The predicted molar refractivity (Wildman–Crippen MR) is 137 cm³/mol. The number of carbonyl (C=O) groups is 2. The van der Waals surface area contributed by atoms with Gasteiger partial charge in [0.1, 0.15) is 11.8 Å². The molecule has 0 saturated carbocycles. The van der Waals surface area contributed by atoms with Crippen LogP contribution in [-0.4, -0.2) is 51.4 Å². The van der Waals surface area contributed by atoms with E-state index in [0.717, 1.165) is 29.7 Å². The Morgan fingerprint density at radius 1 is 1.00 bits per heavy atom. The van der Waals surface area contributed by atoms with E-state index in [4.69, 9.17) is 4.74 Å². The number of nitrogens with zero attached hydrogens (tertiary/aromatic N) is 1. The number of carbonyl (C=O) groups excluding carboxylic acids is 2. The van der Waals surface area contributed by atoms with E-state index in [9.17, 15) is 18.0 Å². The van der Waals surface area contributed by atoms with Gasteiger partial charge in [0.25, 0.3) is 0 Å². The minimum atomic E-state index is -3.52. The number of hydrogen-bond acceptors (Lipinski definition) is 5. The van der Waals surface area contributed by atoms with Gasteiger partial charge in [-0.25, -0.2) is 13.1 Å². The fraction of sp³-hybridized carbons (Fsp3) is 0.462. The van der Waals surface area contributed by atoms with Crippen molar-refractivity contribution >= 4 is 21.8 Å². The molecule has 0 unspecified atom stereocenters. The van der Waals surface area contributed by atoms with Gasteiger partial charge in [0.05, 0.1) is 12.0 Å². The average molecular weight is 504 g/mol. The zero-order valence-electron chi connectivity index (χ0n) is 21.0. The molecule has 0 aliphatic rings. The maximum Gasteiger partial charge on any atom is 0.242 e. The van der Waals surface area contributed by atoms with Crippen LogP contribution < -0.4 is 14.8 Å². The second-order valence-electron chi connectivity index (χ2n) is 8.34. The number of hydrogen-bond donors (Lipinski definition) is 2. The summed E-state index contributed by atoms with van der Waals surface area (Å²) in [6.07, 6.45) is 2.48. The summed E-state index contributed by atoms with van der Waals surface area (Å²) in [4.78, 5) is 27.8. The number of ether oxygens (including phenoxy) is 1. The molecule has 0 bridgehead atoms. The molecule has 2 aromatic rings. The number of nitrogens with one attached hydrogen (secondary N) is 2. The second-order valence-corrected chi connectivity index (χ2v) is 10.1. The Hall–Kier alpha value is -2.91. The van der Waals surface area contributed by atoms with Gasteiger partial charge in [-0.05, 0) is 55.2 Å². The standard InChI is InChI=1S/C26H37N3O5S/c1-5-7-18-27-26(31)20(3)29(19-22-8-13-23(34-4)14-9-22)25(30)17-12-21-10-15-24(16-11-21)35(32,33)28-6-2/h8-11,13-16,20,28H,5-7,12,17-19H2,1-4H3,(H,27,31)/t20-/m0/s1. The highest BCUT2D eigenvalue weighted by Gasteiger charge is 2.26. The summed E-state index contributed by atoms with van der Waals surface area (Å²) in [6, 6.07) is 13.3. The minimum Gasteiger partial charge on any atom is -0.497 e. The number of sulfonamides is 1. The Balaban J connectivity index is 2.12. The maximum absolute atomic E-state index is 13.2. The van der Waals surface area contributed by atoms with Crippen molar-refractivity contribution in [2.24, 2.45) is 0 Å². The van der Waals surface area contributed by atoms with Gasteiger partial charge in [0.2, 0.25) is 21.8 Å². The highest BCUT2D eigenvalue weighted by atomic mass is 32.2. The topological polar surface area (TPSA) is 105 Å². The third kappa shape index (κ3) is 8.67. The SMILES string of the molecule is CCCCNC(=O)[C@H](C)N(Cc1ccc(OC)cc1)C(=O)CCc1ccc(S(=O)(=O)NCC)cc1. The van der Waals surface area contributed by atoms with Crippen molar-refractivity contribution < 1.29 is 22.7 Å². The molecule has 0 aliphatic carbocycles. The molecule has 9 heteroatoms. The van der Waals surface area contributed by atoms with Gasteiger partial charge >= 0.3 is 0 Å². The molecule has 2 rings (SSSR count). The first-order valence-corrected chi connectivity index (χ1v) is 13.5. The van der Waals surface area contributed by atoms with Crippen LogP contribution in [0.15, 0.2) is 53.4 Å². The van der Waals surface area contributed by atoms with Crippen LogP contribution in [0.1, 0.15) is 51.2 Å². The molecule has 2 aromatic carbocycles. The van der Waals surface area contributed by atoms with E-state index in [-0.39, 0.29) is 23.1 Å². The highest BCUT2D eigenvalue weighted by molar-refractivity contribution is 7.89. The van der Waals surface area contributed by atoms with Crippen molar-refractivity contribution in [2.45, 2.75) is 63.9 Å². The number of unbranched alkanes of at least 4 members (excludes halogenated alkanes) is 1. The molecule has 0 aromatic heterocycles. The van der Waals surface area contributed by atoms with Crippen molar-refractivity contribution in [3.8, 4) is 5.75 Å². The molecule has 0 aliphatic heterocycles. The van der Waals surface area contributed by atoms with E-state index >= 15 is 0 Å². The van der Waals surface area contributed by atoms with Crippen molar-refractivity contribution in [3.63, 3.8) is 0 Å². The van der Waals surface area contributed by atoms with Crippen LogP contribution in [0.5, 0.6) is 5.75 Å².